The number of nitrogens with two attached hydrogens (primary N) is 1. The van der Waals surface area contributed by atoms with Crippen LogP contribution in [0.5, 0.6) is 0 Å². The maximum Gasteiger partial charge on any atom is 0.122 e. The van der Waals surface area contributed by atoms with Crippen LogP contribution in [-0.4, -0.2) is 24.5 Å². The van der Waals surface area contributed by atoms with Crippen LogP contribution in [0, 0.1) is 11.3 Å². The van der Waals surface area contributed by atoms with E-state index in [1.807, 2.05) is 0 Å². The predicted octanol–water partition coefficient (Wildman–Crippen LogP) is 3.52. The van der Waals surface area contributed by atoms with Crippen LogP contribution in [0.1, 0.15) is 63.5 Å². The summed E-state index contributed by atoms with van der Waals surface area (Å²) in [6.07, 6.45) is 3.84. The summed E-state index contributed by atoms with van der Waals surface area (Å²) < 4.78 is 6.13. The van der Waals surface area contributed by atoms with E-state index < -0.39 is 0 Å². The van der Waals surface area contributed by atoms with E-state index in [0.29, 0.717) is 17.9 Å². The van der Waals surface area contributed by atoms with E-state index in [4.69, 9.17) is 10.2 Å². The molecule has 3 nitrogen and oxygen atoms in total. The van der Waals surface area contributed by atoms with Gasteiger partial charge in [0.2, 0.25) is 0 Å². The summed E-state index contributed by atoms with van der Waals surface area (Å²) in [5.41, 5.74) is 6.45. The quantitative estimate of drug-likeness (QED) is 0.915. The SMILES string of the molecule is CC1CC1c1ccc(C(CN)N2CCCC(C)(C)C2)o1. The highest BCUT2D eigenvalue weighted by Crippen LogP contribution is 2.48. The number of hydrogen-bond donors (Lipinski definition) is 1. The van der Waals surface area contributed by atoms with E-state index in [-0.39, 0.29) is 6.04 Å². The molecule has 0 aromatic carbocycles. The van der Waals surface area contributed by atoms with Gasteiger partial charge in [-0.15, -0.1) is 0 Å². The van der Waals surface area contributed by atoms with Gasteiger partial charge in [0.25, 0.3) is 0 Å². The molecule has 1 saturated heterocycles. The highest BCUT2D eigenvalue weighted by molar-refractivity contribution is 5.19. The van der Waals surface area contributed by atoms with Crippen molar-refractivity contribution in [1.29, 1.82) is 0 Å². The Bertz CT molecular complexity index is 465. The highest BCUT2D eigenvalue weighted by atomic mass is 16.3. The Labute approximate surface area is 122 Å². The molecule has 1 saturated carbocycles. The van der Waals surface area contributed by atoms with Crippen molar-refractivity contribution in [3.63, 3.8) is 0 Å². The molecule has 3 heteroatoms. The van der Waals surface area contributed by atoms with Crippen LogP contribution < -0.4 is 5.73 Å². The first-order valence-electron chi connectivity index (χ1n) is 8.04. The lowest BCUT2D eigenvalue weighted by atomic mass is 9.83. The molecule has 3 atom stereocenters. The van der Waals surface area contributed by atoms with Crippen molar-refractivity contribution < 1.29 is 4.42 Å². The normalized spacial score (nSPS) is 31.2. The largest absolute Gasteiger partial charge is 0.464 e. The summed E-state index contributed by atoms with van der Waals surface area (Å²) in [6.45, 7) is 9.90. The van der Waals surface area contributed by atoms with Crippen molar-refractivity contribution in [2.45, 2.75) is 52.0 Å². The van der Waals surface area contributed by atoms with Crippen molar-refractivity contribution >= 4 is 0 Å². The fourth-order valence-electron chi connectivity index (χ4n) is 3.65. The zero-order chi connectivity index (χ0) is 14.3. The molecule has 2 fully saturated rings. The van der Waals surface area contributed by atoms with Crippen LogP contribution in [0.4, 0.5) is 0 Å². The third-order valence-corrected chi connectivity index (χ3v) is 5.04. The lowest BCUT2D eigenvalue weighted by molar-refractivity contribution is 0.0713. The van der Waals surface area contributed by atoms with Gasteiger partial charge in [-0.3, -0.25) is 4.90 Å². The Balaban J connectivity index is 1.74. The van der Waals surface area contributed by atoms with Gasteiger partial charge in [0.15, 0.2) is 0 Å². The summed E-state index contributed by atoms with van der Waals surface area (Å²) in [6, 6.07) is 4.57. The molecule has 2 aliphatic rings. The van der Waals surface area contributed by atoms with Gasteiger partial charge >= 0.3 is 0 Å². The van der Waals surface area contributed by atoms with E-state index >= 15 is 0 Å². The molecular formula is C17H28N2O. The van der Waals surface area contributed by atoms with Crippen LogP contribution in [0.2, 0.25) is 0 Å². The molecule has 20 heavy (non-hydrogen) atoms. The maximum absolute atomic E-state index is 6.13. The maximum atomic E-state index is 6.13. The number of hydrogen-bond acceptors (Lipinski definition) is 3. The molecule has 112 valence electrons. The third-order valence-electron chi connectivity index (χ3n) is 5.04. The highest BCUT2D eigenvalue weighted by Gasteiger charge is 2.38. The lowest BCUT2D eigenvalue weighted by Gasteiger charge is -2.41. The first-order chi connectivity index (χ1) is 9.50. The first-order valence-corrected chi connectivity index (χ1v) is 8.04. The van der Waals surface area contributed by atoms with Crippen molar-refractivity contribution in [3.8, 4) is 0 Å². The van der Waals surface area contributed by atoms with Crippen LogP contribution in [0.25, 0.3) is 0 Å². The minimum absolute atomic E-state index is 0.248. The van der Waals surface area contributed by atoms with Gasteiger partial charge in [-0.05, 0) is 49.3 Å². The molecule has 0 spiro atoms. The Hall–Kier alpha value is -0.800. The Kier molecular flexibility index (Phi) is 3.67. The van der Waals surface area contributed by atoms with Gasteiger partial charge < -0.3 is 10.2 Å². The smallest absolute Gasteiger partial charge is 0.122 e. The number of furan rings is 1. The fourth-order valence-corrected chi connectivity index (χ4v) is 3.65. The number of likely N-dealkylation sites (tertiary alicyclic amines) is 1. The second-order valence-corrected chi connectivity index (χ2v) is 7.55. The average molecular weight is 276 g/mol. The fraction of sp³-hybridized carbons (Fsp3) is 0.765. The molecule has 3 rings (SSSR count). The van der Waals surface area contributed by atoms with Gasteiger partial charge in [-0.2, -0.15) is 0 Å². The molecule has 1 aliphatic carbocycles. The minimum atomic E-state index is 0.248. The third kappa shape index (κ3) is 2.79. The summed E-state index contributed by atoms with van der Waals surface area (Å²) in [7, 11) is 0. The second kappa shape index (κ2) is 5.19. The number of piperidine rings is 1. The molecule has 2 N–H and O–H groups in total. The molecule has 2 heterocycles. The van der Waals surface area contributed by atoms with Crippen LogP contribution >= 0.6 is 0 Å². The van der Waals surface area contributed by atoms with Crippen molar-refractivity contribution in [2.24, 2.45) is 17.1 Å². The molecule has 0 amide bonds. The van der Waals surface area contributed by atoms with Gasteiger partial charge in [-0.1, -0.05) is 20.8 Å². The Morgan fingerprint density at radius 1 is 1.45 bits per heavy atom. The predicted molar refractivity (Wildman–Crippen MR) is 81.6 cm³/mol. The number of nitrogens with zero attached hydrogens (tertiary/aromatic N) is 1. The lowest BCUT2D eigenvalue weighted by Crippen LogP contribution is -2.44. The van der Waals surface area contributed by atoms with E-state index in [9.17, 15) is 0 Å². The molecule has 1 aromatic heterocycles. The minimum Gasteiger partial charge on any atom is -0.464 e. The van der Waals surface area contributed by atoms with E-state index in [2.05, 4.69) is 37.8 Å². The summed E-state index contributed by atoms with van der Waals surface area (Å²) in [5.74, 6) is 3.68. The molecule has 0 bridgehead atoms. The zero-order valence-electron chi connectivity index (χ0n) is 13.1. The summed E-state index contributed by atoms with van der Waals surface area (Å²) in [4.78, 5) is 2.52. The van der Waals surface area contributed by atoms with Gasteiger partial charge in [0, 0.05) is 19.0 Å². The van der Waals surface area contributed by atoms with E-state index in [1.165, 1.54) is 25.0 Å². The topological polar surface area (TPSA) is 42.4 Å². The van der Waals surface area contributed by atoms with Gasteiger partial charge in [0.05, 0.1) is 6.04 Å². The second-order valence-electron chi connectivity index (χ2n) is 7.55. The first kappa shape index (κ1) is 14.2. The van der Waals surface area contributed by atoms with Crippen molar-refractivity contribution in [2.75, 3.05) is 19.6 Å². The van der Waals surface area contributed by atoms with Crippen LogP contribution in [-0.2, 0) is 0 Å². The standard InChI is InChI=1S/C17H28N2O/c1-12-9-13(12)15-5-6-16(20-15)14(10-18)19-8-4-7-17(2,3)11-19/h5-6,12-14H,4,7-11,18H2,1-3H3. The van der Waals surface area contributed by atoms with Gasteiger partial charge in [0.1, 0.15) is 11.5 Å². The molecule has 1 aliphatic heterocycles. The molecule has 3 unspecified atom stereocenters. The summed E-state index contributed by atoms with van der Waals surface area (Å²) >= 11 is 0. The van der Waals surface area contributed by atoms with Crippen LogP contribution in [0.15, 0.2) is 16.5 Å². The molecule has 1 aromatic rings. The summed E-state index contributed by atoms with van der Waals surface area (Å²) in [5, 5.41) is 0. The average Bonchev–Trinajstić information content (AvgIpc) is 2.92. The monoisotopic (exact) mass is 276 g/mol. The number of rotatable bonds is 4. The van der Waals surface area contributed by atoms with Gasteiger partial charge in [-0.25, -0.2) is 0 Å². The van der Waals surface area contributed by atoms with Crippen molar-refractivity contribution in [1.82, 2.24) is 4.90 Å². The molecule has 0 radical (unpaired) electrons. The Morgan fingerprint density at radius 3 is 2.80 bits per heavy atom. The van der Waals surface area contributed by atoms with E-state index in [0.717, 1.165) is 24.8 Å². The van der Waals surface area contributed by atoms with Crippen LogP contribution in [0.3, 0.4) is 0 Å². The van der Waals surface area contributed by atoms with E-state index in [1.54, 1.807) is 0 Å². The Morgan fingerprint density at radius 2 is 2.20 bits per heavy atom. The molecular weight excluding hydrogens is 248 g/mol. The van der Waals surface area contributed by atoms with Crippen molar-refractivity contribution in [3.05, 3.63) is 23.7 Å². The zero-order valence-corrected chi connectivity index (χ0v) is 13.1.